The van der Waals surface area contributed by atoms with Crippen molar-refractivity contribution in [3.63, 3.8) is 0 Å². The van der Waals surface area contributed by atoms with Crippen LogP contribution in [0.3, 0.4) is 0 Å². The first kappa shape index (κ1) is 12.0. The number of nitrogens with zero attached hydrogens (tertiary/aromatic N) is 1. The lowest BCUT2D eigenvalue weighted by molar-refractivity contribution is 0.0590. The summed E-state index contributed by atoms with van der Waals surface area (Å²) in [6, 6.07) is 7.62. The second-order valence-corrected chi connectivity index (χ2v) is 5.06. The highest BCUT2D eigenvalue weighted by molar-refractivity contribution is 5.99. The van der Waals surface area contributed by atoms with Gasteiger partial charge in [0.25, 0.3) is 5.91 Å². The zero-order valence-electron chi connectivity index (χ0n) is 10.5. The molecule has 2 atom stereocenters. The molecule has 17 heavy (non-hydrogen) atoms. The fourth-order valence-corrected chi connectivity index (χ4v) is 2.56. The van der Waals surface area contributed by atoms with Crippen molar-refractivity contribution in [3.8, 4) is 0 Å². The summed E-state index contributed by atoms with van der Waals surface area (Å²) >= 11 is 0. The molecule has 1 aromatic carbocycles. The fourth-order valence-electron chi connectivity index (χ4n) is 2.56. The second-order valence-electron chi connectivity index (χ2n) is 5.06. The van der Waals surface area contributed by atoms with E-state index in [4.69, 9.17) is 5.73 Å². The fraction of sp³-hybridized carbons (Fsp3) is 0.500. The van der Waals surface area contributed by atoms with E-state index in [2.05, 4.69) is 13.8 Å². The normalized spacial score (nSPS) is 24.7. The largest absolute Gasteiger partial charge is 0.398 e. The zero-order valence-corrected chi connectivity index (χ0v) is 10.5. The van der Waals surface area contributed by atoms with Crippen LogP contribution < -0.4 is 5.73 Å². The quantitative estimate of drug-likeness (QED) is 0.756. The predicted molar refractivity (Wildman–Crippen MR) is 69.8 cm³/mol. The summed E-state index contributed by atoms with van der Waals surface area (Å²) in [5, 5.41) is 0. The Morgan fingerprint density at radius 1 is 1.35 bits per heavy atom. The minimum atomic E-state index is 0.0718. The maximum atomic E-state index is 12.4. The topological polar surface area (TPSA) is 46.3 Å². The van der Waals surface area contributed by atoms with Crippen LogP contribution in [-0.4, -0.2) is 23.4 Å². The van der Waals surface area contributed by atoms with E-state index in [0.717, 1.165) is 19.4 Å². The van der Waals surface area contributed by atoms with E-state index in [1.165, 1.54) is 0 Å². The van der Waals surface area contributed by atoms with Gasteiger partial charge in [0, 0.05) is 18.3 Å². The summed E-state index contributed by atoms with van der Waals surface area (Å²) in [6.07, 6.45) is 2.17. The molecule has 0 aromatic heterocycles. The van der Waals surface area contributed by atoms with Crippen LogP contribution in [0.15, 0.2) is 24.3 Å². The second kappa shape index (κ2) is 4.78. The summed E-state index contributed by atoms with van der Waals surface area (Å²) in [6.45, 7) is 5.21. The number of para-hydroxylation sites is 1. The van der Waals surface area contributed by atoms with Gasteiger partial charge in [-0.2, -0.15) is 0 Å². The third-order valence-electron chi connectivity index (χ3n) is 3.59. The highest BCUT2D eigenvalue weighted by Crippen LogP contribution is 2.25. The number of piperidine rings is 1. The maximum Gasteiger partial charge on any atom is 0.256 e. The molecule has 0 aliphatic carbocycles. The summed E-state index contributed by atoms with van der Waals surface area (Å²) in [4.78, 5) is 14.3. The predicted octanol–water partition coefficient (Wildman–Crippen LogP) is 2.53. The van der Waals surface area contributed by atoms with Crippen LogP contribution in [0.5, 0.6) is 0 Å². The van der Waals surface area contributed by atoms with Crippen LogP contribution in [0.4, 0.5) is 5.69 Å². The zero-order chi connectivity index (χ0) is 12.4. The summed E-state index contributed by atoms with van der Waals surface area (Å²) < 4.78 is 0. The molecule has 2 unspecified atom stereocenters. The first-order valence-electron chi connectivity index (χ1n) is 6.25. The number of nitrogen functional groups attached to an aromatic ring is 1. The molecule has 1 saturated heterocycles. The lowest BCUT2D eigenvalue weighted by Gasteiger charge is -2.36. The molecule has 0 radical (unpaired) electrons. The highest BCUT2D eigenvalue weighted by atomic mass is 16.2. The molecule has 1 aliphatic heterocycles. The van der Waals surface area contributed by atoms with Crippen LogP contribution in [0.2, 0.25) is 0 Å². The Kier molecular flexibility index (Phi) is 3.36. The molecule has 1 fully saturated rings. The standard InChI is InChI=1S/C14H20N2O/c1-10-7-8-16(11(2)9-10)14(17)12-5-3-4-6-13(12)15/h3-6,10-11H,7-9,15H2,1-2H3. The van der Waals surface area contributed by atoms with Crippen LogP contribution in [0.1, 0.15) is 37.0 Å². The number of nitrogens with two attached hydrogens (primary N) is 1. The van der Waals surface area contributed by atoms with Crippen molar-refractivity contribution in [2.75, 3.05) is 12.3 Å². The molecule has 2 rings (SSSR count). The van der Waals surface area contributed by atoms with Crippen LogP contribution in [0.25, 0.3) is 0 Å². The Balaban J connectivity index is 2.18. The third kappa shape index (κ3) is 2.43. The number of benzene rings is 1. The molecule has 1 aliphatic rings. The Morgan fingerprint density at radius 2 is 2.06 bits per heavy atom. The average Bonchev–Trinajstić information content (AvgIpc) is 2.29. The molecule has 1 amide bonds. The van der Waals surface area contributed by atoms with Gasteiger partial charge in [0.1, 0.15) is 0 Å². The van der Waals surface area contributed by atoms with E-state index in [9.17, 15) is 4.79 Å². The lowest BCUT2D eigenvalue weighted by Crippen LogP contribution is -2.44. The Morgan fingerprint density at radius 3 is 2.71 bits per heavy atom. The Bertz CT molecular complexity index is 416. The lowest BCUT2D eigenvalue weighted by atomic mass is 9.93. The van der Waals surface area contributed by atoms with Crippen molar-refractivity contribution < 1.29 is 4.79 Å². The summed E-state index contributed by atoms with van der Waals surface area (Å²) in [5.74, 6) is 0.782. The van der Waals surface area contributed by atoms with Crippen LogP contribution in [0, 0.1) is 5.92 Å². The van der Waals surface area contributed by atoms with Crippen molar-refractivity contribution >= 4 is 11.6 Å². The minimum Gasteiger partial charge on any atom is -0.398 e. The van der Waals surface area contributed by atoms with Gasteiger partial charge < -0.3 is 10.6 Å². The molecule has 1 heterocycles. The number of anilines is 1. The summed E-state index contributed by atoms with van der Waals surface area (Å²) in [5.41, 5.74) is 7.06. The van der Waals surface area contributed by atoms with E-state index in [1.807, 2.05) is 23.1 Å². The molecule has 0 saturated carbocycles. The van der Waals surface area contributed by atoms with Gasteiger partial charge in [0.15, 0.2) is 0 Å². The van der Waals surface area contributed by atoms with E-state index < -0.39 is 0 Å². The molecule has 1 aromatic rings. The van der Waals surface area contributed by atoms with Crippen molar-refractivity contribution in [3.05, 3.63) is 29.8 Å². The number of amides is 1. The minimum absolute atomic E-state index is 0.0718. The van der Waals surface area contributed by atoms with Crippen molar-refractivity contribution in [1.82, 2.24) is 4.90 Å². The van der Waals surface area contributed by atoms with E-state index in [1.54, 1.807) is 6.07 Å². The van der Waals surface area contributed by atoms with Crippen molar-refractivity contribution in [2.24, 2.45) is 5.92 Å². The number of hydrogen-bond acceptors (Lipinski definition) is 2. The van der Waals surface area contributed by atoms with Gasteiger partial charge in [-0.25, -0.2) is 0 Å². The van der Waals surface area contributed by atoms with Gasteiger partial charge in [-0.1, -0.05) is 19.1 Å². The molecule has 0 bridgehead atoms. The average molecular weight is 232 g/mol. The number of likely N-dealkylation sites (tertiary alicyclic amines) is 1. The molecule has 92 valence electrons. The molecule has 3 nitrogen and oxygen atoms in total. The van der Waals surface area contributed by atoms with Gasteiger partial charge in [0.05, 0.1) is 5.56 Å². The highest BCUT2D eigenvalue weighted by Gasteiger charge is 2.28. The molecular weight excluding hydrogens is 212 g/mol. The Hall–Kier alpha value is -1.51. The number of carbonyl (C=O) groups excluding carboxylic acids is 1. The monoisotopic (exact) mass is 232 g/mol. The van der Waals surface area contributed by atoms with Gasteiger partial charge >= 0.3 is 0 Å². The number of rotatable bonds is 1. The third-order valence-corrected chi connectivity index (χ3v) is 3.59. The van der Waals surface area contributed by atoms with Crippen molar-refractivity contribution in [2.45, 2.75) is 32.7 Å². The van der Waals surface area contributed by atoms with Gasteiger partial charge in [-0.15, -0.1) is 0 Å². The van der Waals surface area contributed by atoms with Gasteiger partial charge in [-0.05, 0) is 37.8 Å². The van der Waals surface area contributed by atoms with Crippen LogP contribution >= 0.6 is 0 Å². The van der Waals surface area contributed by atoms with E-state index in [-0.39, 0.29) is 5.91 Å². The molecule has 3 heteroatoms. The smallest absolute Gasteiger partial charge is 0.256 e. The maximum absolute atomic E-state index is 12.4. The van der Waals surface area contributed by atoms with Crippen LogP contribution in [-0.2, 0) is 0 Å². The van der Waals surface area contributed by atoms with Gasteiger partial charge in [0.2, 0.25) is 0 Å². The Labute approximate surface area is 103 Å². The molecule has 0 spiro atoms. The number of carbonyl (C=O) groups is 1. The van der Waals surface area contributed by atoms with Gasteiger partial charge in [-0.3, -0.25) is 4.79 Å². The van der Waals surface area contributed by atoms with E-state index in [0.29, 0.717) is 23.2 Å². The first-order valence-corrected chi connectivity index (χ1v) is 6.25. The number of hydrogen-bond donors (Lipinski definition) is 1. The first-order chi connectivity index (χ1) is 8.09. The molecule has 2 N–H and O–H groups in total. The van der Waals surface area contributed by atoms with E-state index >= 15 is 0 Å². The SMILES string of the molecule is CC1CCN(C(=O)c2ccccc2N)C(C)C1. The molecular formula is C14H20N2O. The van der Waals surface area contributed by atoms with Crippen molar-refractivity contribution in [1.29, 1.82) is 0 Å². The summed E-state index contributed by atoms with van der Waals surface area (Å²) in [7, 11) is 0.